The largest absolute Gasteiger partial charge is 0.496 e. The lowest BCUT2D eigenvalue weighted by molar-refractivity contribution is -0.117. The lowest BCUT2D eigenvalue weighted by Crippen LogP contribution is -2.49. The number of carbonyl (C=O) groups is 2. The standard InChI is InChI=1S/C22H24FN3O3/c1-29-20-6-3-2-5-16(20)19-14-24-10-12-26(19)22(28)17-13-15(8-9-18(17)23)25-11-4-7-21(25)27/h2-3,5-6,8-9,13,19,24H,4,7,10-12,14H2,1H3. The highest BCUT2D eigenvalue weighted by Crippen LogP contribution is 2.32. The van der Waals surface area contributed by atoms with Crippen LogP contribution in [0.3, 0.4) is 0 Å². The van der Waals surface area contributed by atoms with Crippen LogP contribution in [0.1, 0.15) is 34.8 Å². The molecule has 1 atom stereocenters. The highest BCUT2D eigenvalue weighted by Gasteiger charge is 2.32. The number of anilines is 1. The Morgan fingerprint density at radius 3 is 2.79 bits per heavy atom. The third-order valence-corrected chi connectivity index (χ3v) is 5.57. The van der Waals surface area contributed by atoms with Crippen LogP contribution in [0.5, 0.6) is 5.75 Å². The molecule has 0 radical (unpaired) electrons. The summed E-state index contributed by atoms with van der Waals surface area (Å²) in [6.45, 7) is 2.23. The first-order valence-electron chi connectivity index (χ1n) is 9.84. The Kier molecular flexibility index (Phi) is 5.49. The normalized spacial score (nSPS) is 19.5. The fourth-order valence-electron chi connectivity index (χ4n) is 4.09. The van der Waals surface area contributed by atoms with Crippen molar-refractivity contribution >= 4 is 17.5 Å². The highest BCUT2D eigenvalue weighted by atomic mass is 19.1. The fourth-order valence-corrected chi connectivity index (χ4v) is 4.09. The molecule has 2 aromatic rings. The molecule has 2 saturated heterocycles. The molecule has 7 heteroatoms. The lowest BCUT2D eigenvalue weighted by atomic mass is 10.0. The number of hydrogen-bond acceptors (Lipinski definition) is 4. The van der Waals surface area contributed by atoms with Crippen molar-refractivity contribution in [3.05, 3.63) is 59.4 Å². The van der Waals surface area contributed by atoms with Crippen LogP contribution in [0, 0.1) is 5.82 Å². The second-order valence-corrected chi connectivity index (χ2v) is 7.27. The number of rotatable bonds is 4. The Labute approximate surface area is 169 Å². The summed E-state index contributed by atoms with van der Waals surface area (Å²) in [6.07, 6.45) is 1.25. The van der Waals surface area contributed by atoms with Crippen LogP contribution in [0.2, 0.25) is 0 Å². The van der Waals surface area contributed by atoms with Gasteiger partial charge in [-0.15, -0.1) is 0 Å². The molecule has 1 N–H and O–H groups in total. The molecule has 0 spiro atoms. The number of amides is 2. The maximum Gasteiger partial charge on any atom is 0.257 e. The van der Waals surface area contributed by atoms with Crippen LogP contribution in [0.4, 0.5) is 10.1 Å². The van der Waals surface area contributed by atoms with Crippen molar-refractivity contribution in [2.24, 2.45) is 0 Å². The van der Waals surface area contributed by atoms with E-state index in [0.29, 0.717) is 44.0 Å². The third-order valence-electron chi connectivity index (χ3n) is 5.57. The van der Waals surface area contributed by atoms with Crippen LogP contribution in [0.15, 0.2) is 42.5 Å². The molecule has 2 amide bonds. The van der Waals surface area contributed by atoms with E-state index >= 15 is 0 Å². The van der Waals surface area contributed by atoms with Crippen LogP contribution in [0.25, 0.3) is 0 Å². The molecule has 0 saturated carbocycles. The van der Waals surface area contributed by atoms with E-state index in [1.807, 2.05) is 24.3 Å². The quantitative estimate of drug-likeness (QED) is 0.862. The molecule has 2 fully saturated rings. The molecule has 152 valence electrons. The Hall–Kier alpha value is -2.93. The van der Waals surface area contributed by atoms with E-state index < -0.39 is 5.82 Å². The maximum atomic E-state index is 14.6. The molecule has 0 bridgehead atoms. The molecular formula is C22H24FN3O3. The van der Waals surface area contributed by atoms with Crippen molar-refractivity contribution in [3.63, 3.8) is 0 Å². The Balaban J connectivity index is 1.68. The van der Waals surface area contributed by atoms with Gasteiger partial charge >= 0.3 is 0 Å². The van der Waals surface area contributed by atoms with E-state index in [0.717, 1.165) is 12.0 Å². The summed E-state index contributed by atoms with van der Waals surface area (Å²) in [5.41, 5.74) is 1.44. The minimum atomic E-state index is -0.581. The smallest absolute Gasteiger partial charge is 0.257 e. The fraction of sp³-hybridized carbons (Fsp3) is 0.364. The number of piperazine rings is 1. The van der Waals surface area contributed by atoms with Gasteiger partial charge in [0.05, 0.1) is 18.7 Å². The number of hydrogen-bond donors (Lipinski definition) is 1. The van der Waals surface area contributed by atoms with Crippen molar-refractivity contribution in [2.45, 2.75) is 18.9 Å². The summed E-state index contributed by atoms with van der Waals surface area (Å²) in [5.74, 6) is -0.268. The molecule has 2 aromatic carbocycles. The SMILES string of the molecule is COc1ccccc1C1CNCCN1C(=O)c1cc(N2CCCC2=O)ccc1F. The van der Waals surface area contributed by atoms with Gasteiger partial charge in [-0.3, -0.25) is 9.59 Å². The van der Waals surface area contributed by atoms with Gasteiger partial charge in [0, 0.05) is 43.9 Å². The zero-order chi connectivity index (χ0) is 20.4. The predicted molar refractivity (Wildman–Crippen MR) is 108 cm³/mol. The van der Waals surface area contributed by atoms with E-state index in [9.17, 15) is 14.0 Å². The van der Waals surface area contributed by atoms with Gasteiger partial charge in [-0.2, -0.15) is 0 Å². The van der Waals surface area contributed by atoms with E-state index in [-0.39, 0.29) is 23.4 Å². The summed E-state index contributed by atoms with van der Waals surface area (Å²) in [6, 6.07) is 11.6. The second kappa shape index (κ2) is 8.21. The highest BCUT2D eigenvalue weighted by molar-refractivity contribution is 5.99. The van der Waals surface area contributed by atoms with Crippen LogP contribution in [-0.2, 0) is 4.79 Å². The monoisotopic (exact) mass is 397 g/mol. The Morgan fingerprint density at radius 2 is 2.03 bits per heavy atom. The van der Waals surface area contributed by atoms with Crippen molar-refractivity contribution in [2.75, 3.05) is 38.2 Å². The Bertz CT molecular complexity index is 933. The van der Waals surface area contributed by atoms with E-state index in [2.05, 4.69) is 5.32 Å². The van der Waals surface area contributed by atoms with Crippen LogP contribution in [-0.4, -0.2) is 50.0 Å². The van der Waals surface area contributed by atoms with Gasteiger partial charge in [0.25, 0.3) is 5.91 Å². The number of nitrogens with one attached hydrogen (secondary N) is 1. The summed E-state index contributed by atoms with van der Waals surface area (Å²) in [7, 11) is 1.59. The average molecular weight is 397 g/mol. The molecule has 1 unspecified atom stereocenters. The van der Waals surface area contributed by atoms with Gasteiger partial charge in [-0.25, -0.2) is 4.39 Å². The summed E-state index contributed by atoms with van der Waals surface area (Å²) in [5, 5.41) is 3.30. The Morgan fingerprint density at radius 1 is 1.21 bits per heavy atom. The summed E-state index contributed by atoms with van der Waals surface area (Å²) >= 11 is 0. The lowest BCUT2D eigenvalue weighted by Gasteiger charge is -2.37. The van der Waals surface area contributed by atoms with E-state index in [1.54, 1.807) is 23.0 Å². The van der Waals surface area contributed by atoms with Gasteiger partial charge in [-0.05, 0) is 30.7 Å². The molecule has 2 aliphatic rings. The van der Waals surface area contributed by atoms with E-state index in [4.69, 9.17) is 4.74 Å². The first-order chi connectivity index (χ1) is 14.1. The van der Waals surface area contributed by atoms with Gasteiger partial charge in [-0.1, -0.05) is 18.2 Å². The molecule has 0 aromatic heterocycles. The number of nitrogens with zero attached hydrogens (tertiary/aromatic N) is 2. The van der Waals surface area contributed by atoms with Crippen molar-refractivity contribution < 1.29 is 18.7 Å². The van der Waals surface area contributed by atoms with Crippen LogP contribution >= 0.6 is 0 Å². The number of benzene rings is 2. The zero-order valence-electron chi connectivity index (χ0n) is 16.4. The zero-order valence-corrected chi connectivity index (χ0v) is 16.4. The van der Waals surface area contributed by atoms with Gasteiger partial charge in [0.2, 0.25) is 5.91 Å². The predicted octanol–water partition coefficient (Wildman–Crippen LogP) is 2.75. The first kappa shape index (κ1) is 19.4. The molecule has 0 aliphatic carbocycles. The number of ether oxygens (including phenoxy) is 1. The van der Waals surface area contributed by atoms with E-state index in [1.165, 1.54) is 12.1 Å². The van der Waals surface area contributed by atoms with Gasteiger partial charge in [0.1, 0.15) is 11.6 Å². The molecule has 2 aliphatic heterocycles. The average Bonchev–Trinajstić information content (AvgIpc) is 3.19. The summed E-state index contributed by atoms with van der Waals surface area (Å²) < 4.78 is 20.1. The summed E-state index contributed by atoms with van der Waals surface area (Å²) in [4.78, 5) is 28.7. The molecular weight excluding hydrogens is 373 g/mol. The topological polar surface area (TPSA) is 61.9 Å². The molecule has 4 rings (SSSR count). The number of halogens is 1. The molecule has 29 heavy (non-hydrogen) atoms. The van der Waals surface area contributed by atoms with Crippen LogP contribution < -0.4 is 15.0 Å². The maximum absolute atomic E-state index is 14.6. The second-order valence-electron chi connectivity index (χ2n) is 7.27. The number of methoxy groups -OCH3 is 1. The first-order valence-corrected chi connectivity index (χ1v) is 9.84. The number of para-hydroxylation sites is 1. The third kappa shape index (κ3) is 3.70. The van der Waals surface area contributed by atoms with Gasteiger partial charge in [0.15, 0.2) is 0 Å². The molecule has 2 heterocycles. The van der Waals surface area contributed by atoms with Crippen molar-refractivity contribution in [1.82, 2.24) is 10.2 Å². The minimum absolute atomic E-state index is 0.00378. The van der Waals surface area contributed by atoms with Crippen molar-refractivity contribution in [3.8, 4) is 5.75 Å². The number of carbonyl (C=O) groups excluding carboxylic acids is 2. The minimum Gasteiger partial charge on any atom is -0.496 e. The van der Waals surface area contributed by atoms with Crippen molar-refractivity contribution in [1.29, 1.82) is 0 Å². The van der Waals surface area contributed by atoms with Gasteiger partial charge < -0.3 is 19.9 Å². The molecule has 6 nitrogen and oxygen atoms in total.